The molecule has 0 fully saturated rings. The number of hydrogen-bond acceptors (Lipinski definition) is 2. The summed E-state index contributed by atoms with van der Waals surface area (Å²) >= 11 is 0. The quantitative estimate of drug-likeness (QED) is 0.862. The number of methoxy groups -OCH3 is 1. The number of nitrogens with one attached hydrogen (secondary N) is 1. The minimum atomic E-state index is -0.0799. The number of carbonyl (C=O) groups is 1. The summed E-state index contributed by atoms with van der Waals surface area (Å²) in [5.74, 6) is 0.700. The molecule has 0 radical (unpaired) electrons. The number of aryl methyl sites for hydroxylation is 1. The van der Waals surface area contributed by atoms with Gasteiger partial charge in [-0.05, 0) is 62.6 Å². The lowest BCUT2D eigenvalue weighted by atomic mass is 9.96. The number of allylic oxidation sites excluding steroid dienone is 2. The second-order valence-electron chi connectivity index (χ2n) is 6.15. The van der Waals surface area contributed by atoms with Crippen molar-refractivity contribution in [2.45, 2.75) is 34.2 Å². The van der Waals surface area contributed by atoms with Gasteiger partial charge in [0.05, 0.1) is 7.11 Å². The van der Waals surface area contributed by atoms with Crippen molar-refractivity contribution >= 4 is 11.5 Å². The van der Waals surface area contributed by atoms with Crippen molar-refractivity contribution in [2.75, 3.05) is 7.11 Å². The molecule has 0 saturated heterocycles. The SMILES string of the molecule is COc1ccccc1CNC(=O)c1ccc(C)c(C(C)=C(C)C)c1. The molecule has 0 aliphatic heterocycles. The lowest BCUT2D eigenvalue weighted by molar-refractivity contribution is 0.0950. The van der Waals surface area contributed by atoms with Crippen molar-refractivity contribution < 1.29 is 9.53 Å². The lowest BCUT2D eigenvalue weighted by Gasteiger charge is -2.12. The van der Waals surface area contributed by atoms with Gasteiger partial charge in [-0.2, -0.15) is 0 Å². The normalized spacial score (nSPS) is 10.2. The molecule has 24 heavy (non-hydrogen) atoms. The number of carbonyl (C=O) groups excluding carboxylic acids is 1. The van der Waals surface area contributed by atoms with E-state index in [1.54, 1.807) is 7.11 Å². The van der Waals surface area contributed by atoms with Crippen LogP contribution in [0.1, 0.15) is 47.8 Å². The fourth-order valence-corrected chi connectivity index (χ4v) is 2.56. The van der Waals surface area contributed by atoms with Gasteiger partial charge in [0.1, 0.15) is 5.75 Å². The topological polar surface area (TPSA) is 38.3 Å². The maximum atomic E-state index is 12.5. The van der Waals surface area contributed by atoms with E-state index in [4.69, 9.17) is 4.74 Å². The van der Waals surface area contributed by atoms with Crippen molar-refractivity contribution in [2.24, 2.45) is 0 Å². The van der Waals surface area contributed by atoms with E-state index < -0.39 is 0 Å². The monoisotopic (exact) mass is 323 g/mol. The highest BCUT2D eigenvalue weighted by Crippen LogP contribution is 2.23. The Hall–Kier alpha value is -2.55. The van der Waals surface area contributed by atoms with Gasteiger partial charge in [0.2, 0.25) is 0 Å². The van der Waals surface area contributed by atoms with Gasteiger partial charge in [-0.25, -0.2) is 0 Å². The number of hydrogen-bond donors (Lipinski definition) is 1. The first-order chi connectivity index (χ1) is 11.4. The first kappa shape index (κ1) is 17.8. The standard InChI is InChI=1S/C21H25NO2/c1-14(2)16(4)19-12-17(11-10-15(19)3)21(23)22-13-18-8-6-7-9-20(18)24-5/h6-12H,13H2,1-5H3,(H,22,23). The first-order valence-electron chi connectivity index (χ1n) is 8.09. The Labute approximate surface area is 144 Å². The molecule has 0 unspecified atom stereocenters. The third-order valence-corrected chi connectivity index (χ3v) is 4.29. The first-order valence-corrected chi connectivity index (χ1v) is 8.09. The van der Waals surface area contributed by atoms with E-state index in [-0.39, 0.29) is 5.91 Å². The largest absolute Gasteiger partial charge is 0.496 e. The van der Waals surface area contributed by atoms with Crippen LogP contribution in [0.25, 0.3) is 5.57 Å². The van der Waals surface area contributed by atoms with Gasteiger partial charge >= 0.3 is 0 Å². The molecule has 126 valence electrons. The van der Waals surface area contributed by atoms with Gasteiger partial charge in [-0.3, -0.25) is 4.79 Å². The Balaban J connectivity index is 2.19. The minimum Gasteiger partial charge on any atom is -0.496 e. The van der Waals surface area contributed by atoms with Gasteiger partial charge in [-0.15, -0.1) is 0 Å². The highest BCUT2D eigenvalue weighted by atomic mass is 16.5. The van der Waals surface area contributed by atoms with Crippen LogP contribution in [-0.2, 0) is 6.54 Å². The van der Waals surface area contributed by atoms with E-state index in [0.717, 1.165) is 16.9 Å². The van der Waals surface area contributed by atoms with E-state index in [1.165, 1.54) is 16.7 Å². The number of amides is 1. The number of rotatable bonds is 5. The molecular weight excluding hydrogens is 298 g/mol. The molecule has 3 nitrogen and oxygen atoms in total. The maximum absolute atomic E-state index is 12.5. The summed E-state index contributed by atoms with van der Waals surface area (Å²) in [5, 5.41) is 2.97. The average Bonchev–Trinajstić information content (AvgIpc) is 2.59. The lowest BCUT2D eigenvalue weighted by Crippen LogP contribution is -2.23. The van der Waals surface area contributed by atoms with Crippen LogP contribution >= 0.6 is 0 Å². The van der Waals surface area contributed by atoms with Crippen molar-refractivity contribution in [3.8, 4) is 5.75 Å². The van der Waals surface area contributed by atoms with Crippen molar-refractivity contribution in [3.63, 3.8) is 0 Å². The van der Waals surface area contributed by atoms with Crippen LogP contribution in [0.5, 0.6) is 5.75 Å². The van der Waals surface area contributed by atoms with Crippen LogP contribution in [0.3, 0.4) is 0 Å². The molecule has 1 amide bonds. The second-order valence-corrected chi connectivity index (χ2v) is 6.15. The summed E-state index contributed by atoms with van der Waals surface area (Å²) in [6.45, 7) is 8.77. The molecule has 0 aliphatic carbocycles. The van der Waals surface area contributed by atoms with Crippen LogP contribution in [0.15, 0.2) is 48.0 Å². The van der Waals surface area contributed by atoms with E-state index in [1.807, 2.05) is 42.5 Å². The summed E-state index contributed by atoms with van der Waals surface area (Å²) in [6, 6.07) is 13.5. The Kier molecular flexibility index (Phi) is 5.80. The molecule has 0 heterocycles. The molecule has 2 aromatic carbocycles. The number of para-hydroxylation sites is 1. The zero-order chi connectivity index (χ0) is 17.7. The molecule has 0 bridgehead atoms. The van der Waals surface area contributed by atoms with E-state index in [2.05, 4.69) is 33.0 Å². The summed E-state index contributed by atoms with van der Waals surface area (Å²) in [5.41, 5.74) is 6.40. The molecule has 3 heteroatoms. The van der Waals surface area contributed by atoms with E-state index >= 15 is 0 Å². The highest BCUT2D eigenvalue weighted by molar-refractivity contribution is 5.95. The van der Waals surface area contributed by atoms with Crippen LogP contribution in [0, 0.1) is 6.92 Å². The van der Waals surface area contributed by atoms with Crippen LogP contribution in [0.2, 0.25) is 0 Å². The molecule has 2 rings (SSSR count). The van der Waals surface area contributed by atoms with Gasteiger partial charge in [-0.1, -0.05) is 29.8 Å². The van der Waals surface area contributed by atoms with Crippen molar-refractivity contribution in [1.29, 1.82) is 0 Å². The third-order valence-electron chi connectivity index (χ3n) is 4.29. The smallest absolute Gasteiger partial charge is 0.251 e. The number of ether oxygens (including phenoxy) is 1. The molecule has 2 aromatic rings. The molecule has 1 N–H and O–H groups in total. The molecule has 0 saturated carbocycles. The molecule has 0 spiro atoms. The summed E-state index contributed by atoms with van der Waals surface area (Å²) in [7, 11) is 1.63. The molecule has 0 aromatic heterocycles. The predicted molar refractivity (Wildman–Crippen MR) is 99.3 cm³/mol. The molecule has 0 atom stereocenters. The van der Waals surface area contributed by atoms with Gasteiger partial charge in [0, 0.05) is 17.7 Å². The van der Waals surface area contributed by atoms with Crippen LogP contribution in [-0.4, -0.2) is 13.0 Å². The predicted octanol–water partition coefficient (Wildman–Crippen LogP) is 4.75. The Morgan fingerprint density at radius 1 is 1.08 bits per heavy atom. The van der Waals surface area contributed by atoms with E-state index in [0.29, 0.717) is 12.1 Å². The summed E-state index contributed by atoms with van der Waals surface area (Å²) in [4.78, 5) is 12.5. The Morgan fingerprint density at radius 2 is 1.79 bits per heavy atom. The second kappa shape index (κ2) is 7.82. The zero-order valence-electron chi connectivity index (χ0n) is 15.1. The van der Waals surface area contributed by atoms with Gasteiger partial charge in [0.25, 0.3) is 5.91 Å². The van der Waals surface area contributed by atoms with Gasteiger partial charge in [0.15, 0.2) is 0 Å². The third kappa shape index (κ3) is 4.05. The van der Waals surface area contributed by atoms with Crippen LogP contribution in [0.4, 0.5) is 0 Å². The molecular formula is C21H25NO2. The Morgan fingerprint density at radius 3 is 2.46 bits per heavy atom. The summed E-state index contributed by atoms with van der Waals surface area (Å²) < 4.78 is 5.32. The fourth-order valence-electron chi connectivity index (χ4n) is 2.56. The minimum absolute atomic E-state index is 0.0799. The van der Waals surface area contributed by atoms with Crippen LogP contribution < -0.4 is 10.1 Å². The highest BCUT2D eigenvalue weighted by Gasteiger charge is 2.10. The zero-order valence-corrected chi connectivity index (χ0v) is 15.1. The molecule has 0 aliphatic rings. The Bertz CT molecular complexity index is 771. The average molecular weight is 323 g/mol. The van der Waals surface area contributed by atoms with Gasteiger partial charge < -0.3 is 10.1 Å². The van der Waals surface area contributed by atoms with E-state index in [9.17, 15) is 4.79 Å². The number of benzene rings is 2. The van der Waals surface area contributed by atoms with Crippen molar-refractivity contribution in [3.05, 3.63) is 70.3 Å². The summed E-state index contributed by atoms with van der Waals surface area (Å²) in [6.07, 6.45) is 0. The van der Waals surface area contributed by atoms with Crippen molar-refractivity contribution in [1.82, 2.24) is 5.32 Å². The fraction of sp³-hybridized carbons (Fsp3) is 0.286. The maximum Gasteiger partial charge on any atom is 0.251 e.